The number of aromatic nitrogens is 15. The summed E-state index contributed by atoms with van der Waals surface area (Å²) in [6.45, 7) is 0. The molecule has 0 fully saturated rings. The first kappa shape index (κ1) is 79.6. The molecule has 16 aromatic heterocycles. The number of fused-ring (bicyclic) bond motifs is 43. The van der Waals surface area contributed by atoms with Crippen LogP contribution in [0.2, 0.25) is 0 Å². The standard InChI is InChI=1S/2C45H26N6.C38H23N3S/c2*1-2-12-27(13-3-1)49-37-18-8-5-15-30(37)34-25-47-42-41(43(34)49)46-26-35-31-16-6-9-19-38(31)50(44(35)42)28-22-23-32-33(24-28)29-14-4-10-20-39(29)51-40-21-11-7-17-36(40)48-45(32)51;1-3-11-24(12-4-1)32-21-26(22-33(40-32)25-13-5-2-6-14-25)41-34-17-9-7-15-27(34)31-23-39-36-30(37(31)41)20-19-29-28-16-8-10-18-35(28)42-38(29)36/h2*1-26H;1-23H. The van der Waals surface area contributed by atoms with Crippen molar-refractivity contribution < 1.29 is 0 Å². The van der Waals surface area contributed by atoms with Gasteiger partial charge in [0.2, 0.25) is 0 Å². The highest BCUT2D eigenvalue weighted by atomic mass is 32.1. The summed E-state index contributed by atoms with van der Waals surface area (Å²) in [4.78, 5) is 41.5. The van der Waals surface area contributed by atoms with Gasteiger partial charge in [0.05, 0.1) is 116 Å². The number of hydrogen-bond donors (Lipinski definition) is 0. The highest BCUT2D eigenvalue weighted by molar-refractivity contribution is 7.26. The SMILES string of the molecule is c1ccc(-c2cc(-n3c4ccccc4c4cnc5c(ccc6c7ccccc7sc65)c43)cc(-c3ccccc3)n2)cc1.c1ccc(-n2c3ccccc3c3cnc4c(ncc5c6ccccc6n(-c6ccc7c(c6)c6ccccc6n6c8ccccc8nc76)c54)c32)cc1.c1ccc(-n2c3ccccc3c3cnc4c(ncc5c6ccccc6n(-c6ccc7c(c6)c6ccccc6n6c8ccccc8nc76)c54)c32)cc1. The van der Waals surface area contributed by atoms with Crippen LogP contribution in [0.25, 0.3) is 290 Å². The molecule has 0 atom stereocenters. The topological polar surface area (TPSA) is 137 Å². The first-order chi connectivity index (χ1) is 71.5. The second kappa shape index (κ2) is 31.0. The summed E-state index contributed by atoms with van der Waals surface area (Å²) in [6, 6.07) is 150. The fourth-order valence-corrected chi connectivity index (χ4v) is 24.6. The average Bonchev–Trinajstić information content (AvgIpc) is 1.55. The lowest BCUT2D eigenvalue weighted by Crippen LogP contribution is -1.99. The number of para-hydroxylation sites is 13. The van der Waals surface area contributed by atoms with E-state index < -0.39 is 0 Å². The summed E-state index contributed by atoms with van der Waals surface area (Å²) in [6.07, 6.45) is 10.2. The van der Waals surface area contributed by atoms with E-state index in [1.54, 1.807) is 0 Å². The Labute approximate surface area is 822 Å². The van der Waals surface area contributed by atoms with Gasteiger partial charge < -0.3 is 22.8 Å². The van der Waals surface area contributed by atoms with E-state index in [9.17, 15) is 0 Å². The summed E-state index contributed by atoms with van der Waals surface area (Å²) in [5, 5.41) is 21.9. The molecule has 16 heteroatoms. The zero-order chi connectivity index (χ0) is 94.0. The fraction of sp³-hybridized carbons (Fsp3) is 0. The second-order valence-corrected chi connectivity index (χ2v) is 38.3. The van der Waals surface area contributed by atoms with Crippen molar-refractivity contribution in [2.75, 3.05) is 0 Å². The van der Waals surface area contributed by atoms with Gasteiger partial charge in [-0.2, -0.15) is 0 Å². The van der Waals surface area contributed by atoms with Gasteiger partial charge in [0.1, 0.15) is 33.4 Å². The van der Waals surface area contributed by atoms with Crippen LogP contribution in [-0.4, -0.2) is 71.5 Å². The Balaban J connectivity index is 0.0000000992. The Bertz CT molecular complexity index is 10800. The van der Waals surface area contributed by atoms with Gasteiger partial charge >= 0.3 is 0 Å². The van der Waals surface area contributed by atoms with Gasteiger partial charge in [0.25, 0.3) is 0 Å². The maximum Gasteiger partial charge on any atom is 0.146 e. The Kier molecular flexibility index (Phi) is 17.2. The summed E-state index contributed by atoms with van der Waals surface area (Å²) in [7, 11) is 0. The number of rotatable bonds is 7. The van der Waals surface area contributed by atoms with Crippen molar-refractivity contribution in [2.45, 2.75) is 0 Å². The van der Waals surface area contributed by atoms with Crippen LogP contribution in [0.4, 0.5) is 0 Å². The van der Waals surface area contributed by atoms with Crippen LogP contribution in [-0.2, 0) is 0 Å². The number of pyridine rings is 8. The lowest BCUT2D eigenvalue weighted by atomic mass is 10.0. The molecule has 15 nitrogen and oxygen atoms in total. The van der Waals surface area contributed by atoms with Gasteiger partial charge in [-0.15, -0.1) is 11.3 Å². The van der Waals surface area contributed by atoms with E-state index >= 15 is 0 Å². The molecule has 0 amide bonds. The molecular formula is C128H75N15S. The third-order valence-corrected chi connectivity index (χ3v) is 30.7. The van der Waals surface area contributed by atoms with E-state index in [-0.39, 0.29) is 0 Å². The predicted molar refractivity (Wildman–Crippen MR) is 597 cm³/mol. The molecule has 16 heterocycles. The molecule has 0 radical (unpaired) electrons. The number of benzene rings is 17. The Morgan fingerprint density at radius 2 is 0.465 bits per heavy atom. The molecule has 0 spiro atoms. The predicted octanol–water partition coefficient (Wildman–Crippen LogP) is 32.3. The van der Waals surface area contributed by atoms with Crippen LogP contribution >= 0.6 is 11.3 Å². The Morgan fingerprint density at radius 3 is 0.861 bits per heavy atom. The molecule has 0 saturated heterocycles. The van der Waals surface area contributed by atoms with Crippen molar-refractivity contribution in [2.24, 2.45) is 0 Å². The minimum absolute atomic E-state index is 0.871. The molecule has 0 unspecified atom stereocenters. The average molecular weight is 1860 g/mol. The third kappa shape index (κ3) is 11.6. The minimum Gasteiger partial charge on any atom is -0.308 e. The van der Waals surface area contributed by atoms with Gasteiger partial charge in [0, 0.05) is 161 Å². The molecule has 0 aliphatic heterocycles. The van der Waals surface area contributed by atoms with Crippen molar-refractivity contribution in [3.8, 4) is 51.0 Å². The van der Waals surface area contributed by atoms with Crippen molar-refractivity contribution in [3.63, 3.8) is 0 Å². The third-order valence-electron chi connectivity index (χ3n) is 29.5. The van der Waals surface area contributed by atoms with Crippen LogP contribution in [0.5, 0.6) is 0 Å². The lowest BCUT2D eigenvalue weighted by molar-refractivity contribution is 1.16. The summed E-state index contributed by atoms with van der Waals surface area (Å²) in [5.41, 5.74) is 33.5. The van der Waals surface area contributed by atoms with E-state index in [1.165, 1.54) is 41.8 Å². The number of imidazole rings is 2. The largest absolute Gasteiger partial charge is 0.308 e. The zero-order valence-electron chi connectivity index (χ0n) is 76.9. The minimum atomic E-state index is 0.871. The van der Waals surface area contributed by atoms with Crippen molar-refractivity contribution in [1.82, 2.24) is 71.5 Å². The number of thiophene rings is 1. The Morgan fingerprint density at radius 1 is 0.174 bits per heavy atom. The molecule has 33 rings (SSSR count). The quantitative estimate of drug-likeness (QED) is 0.144. The van der Waals surface area contributed by atoms with Gasteiger partial charge in [-0.3, -0.25) is 33.7 Å². The molecule has 668 valence electrons. The Hall–Kier alpha value is -19.4. The zero-order valence-corrected chi connectivity index (χ0v) is 77.7. The number of nitrogens with zero attached hydrogens (tertiary/aromatic N) is 15. The lowest BCUT2D eigenvalue weighted by Gasteiger charge is -2.14. The smallest absolute Gasteiger partial charge is 0.146 e. The van der Waals surface area contributed by atoms with Crippen molar-refractivity contribution in [1.29, 1.82) is 0 Å². The van der Waals surface area contributed by atoms with Crippen LogP contribution in [0.3, 0.4) is 0 Å². The van der Waals surface area contributed by atoms with E-state index in [4.69, 9.17) is 39.9 Å². The molecule has 0 aliphatic rings. The highest BCUT2D eigenvalue weighted by Crippen LogP contribution is 2.49. The van der Waals surface area contributed by atoms with E-state index in [2.05, 4.69) is 450 Å². The highest BCUT2D eigenvalue weighted by Gasteiger charge is 2.29. The van der Waals surface area contributed by atoms with E-state index in [0.29, 0.717) is 0 Å². The molecule has 33 aromatic rings. The first-order valence-electron chi connectivity index (χ1n) is 48.5. The normalized spacial score (nSPS) is 12.2. The fourth-order valence-electron chi connectivity index (χ4n) is 23.4. The van der Waals surface area contributed by atoms with Gasteiger partial charge in [-0.25, -0.2) is 15.0 Å². The maximum absolute atomic E-state index is 5.24. The van der Waals surface area contributed by atoms with Crippen LogP contribution < -0.4 is 0 Å². The van der Waals surface area contributed by atoms with Gasteiger partial charge in [-0.05, 0) is 162 Å². The molecule has 0 N–H and O–H groups in total. The summed E-state index contributed by atoms with van der Waals surface area (Å²) in [5.74, 6) is 0. The second-order valence-electron chi connectivity index (χ2n) is 37.2. The van der Waals surface area contributed by atoms with Crippen LogP contribution in [0.15, 0.2) is 456 Å². The van der Waals surface area contributed by atoms with E-state index in [0.717, 1.165) is 248 Å². The molecule has 0 bridgehead atoms. The molecule has 0 saturated carbocycles. The molecule has 144 heavy (non-hydrogen) atoms. The maximum atomic E-state index is 5.24. The summed E-state index contributed by atoms with van der Waals surface area (Å²) < 4.78 is 19.0. The first-order valence-corrected chi connectivity index (χ1v) is 49.3. The van der Waals surface area contributed by atoms with E-state index in [1.807, 2.05) is 48.3 Å². The monoisotopic (exact) mass is 1850 g/mol. The van der Waals surface area contributed by atoms with Gasteiger partial charge in [0.15, 0.2) is 0 Å². The summed E-state index contributed by atoms with van der Waals surface area (Å²) >= 11 is 1.83. The van der Waals surface area contributed by atoms with Crippen LogP contribution in [0, 0.1) is 0 Å². The molecule has 17 aromatic carbocycles. The van der Waals surface area contributed by atoms with Crippen LogP contribution in [0.1, 0.15) is 0 Å². The van der Waals surface area contributed by atoms with Crippen molar-refractivity contribution in [3.05, 3.63) is 456 Å². The van der Waals surface area contributed by atoms with Crippen molar-refractivity contribution >= 4 is 250 Å². The molecular weight excluding hydrogens is 1780 g/mol. The molecule has 0 aliphatic carbocycles. The van der Waals surface area contributed by atoms with Gasteiger partial charge in [-0.1, -0.05) is 273 Å². The number of hydrogen-bond acceptors (Lipinski definition) is 9.